The summed E-state index contributed by atoms with van der Waals surface area (Å²) in [5.74, 6) is -0.790. The summed E-state index contributed by atoms with van der Waals surface area (Å²) >= 11 is 0. The Kier molecular flexibility index (Phi) is 4.55. The smallest absolute Gasteiger partial charge is 0.307 e. The normalized spacial score (nSPS) is 10.9. The van der Waals surface area contributed by atoms with Crippen molar-refractivity contribution >= 4 is 11.7 Å². The third-order valence-electron chi connectivity index (χ3n) is 2.70. The summed E-state index contributed by atoms with van der Waals surface area (Å²) in [6.45, 7) is 8.63. The van der Waals surface area contributed by atoms with Crippen LogP contribution in [0.15, 0.2) is 24.3 Å². The van der Waals surface area contributed by atoms with E-state index in [4.69, 9.17) is 5.11 Å². The standard InChI is InChI=1S/C14H21NO2/c1-10(2)15(11(3)4)13-7-5-12(6-8-13)9-14(16)17/h5-8,10-11H,9H2,1-4H3,(H,16,17). The van der Waals surface area contributed by atoms with Crippen molar-refractivity contribution in [3.05, 3.63) is 29.8 Å². The van der Waals surface area contributed by atoms with Crippen LogP contribution in [0, 0.1) is 0 Å². The molecule has 3 nitrogen and oxygen atoms in total. The number of hydrogen-bond acceptors (Lipinski definition) is 2. The Morgan fingerprint density at radius 3 is 1.94 bits per heavy atom. The Morgan fingerprint density at radius 2 is 1.59 bits per heavy atom. The van der Waals surface area contributed by atoms with Crippen LogP contribution in [-0.2, 0) is 11.2 Å². The lowest BCUT2D eigenvalue weighted by Gasteiger charge is -2.33. The van der Waals surface area contributed by atoms with E-state index in [1.165, 1.54) is 0 Å². The fourth-order valence-electron chi connectivity index (χ4n) is 2.15. The van der Waals surface area contributed by atoms with Gasteiger partial charge in [0.15, 0.2) is 0 Å². The molecule has 0 radical (unpaired) electrons. The van der Waals surface area contributed by atoms with E-state index in [0.29, 0.717) is 12.1 Å². The van der Waals surface area contributed by atoms with Gasteiger partial charge in [-0.15, -0.1) is 0 Å². The molecule has 0 aliphatic rings. The third kappa shape index (κ3) is 3.77. The molecule has 0 saturated carbocycles. The van der Waals surface area contributed by atoms with Gasteiger partial charge in [-0.25, -0.2) is 0 Å². The topological polar surface area (TPSA) is 40.5 Å². The maximum atomic E-state index is 10.6. The molecule has 0 atom stereocenters. The highest BCUT2D eigenvalue weighted by atomic mass is 16.4. The maximum absolute atomic E-state index is 10.6. The highest BCUT2D eigenvalue weighted by molar-refractivity contribution is 5.70. The Labute approximate surface area is 103 Å². The SMILES string of the molecule is CC(C)N(c1ccc(CC(=O)O)cc1)C(C)C. The fraction of sp³-hybridized carbons (Fsp3) is 0.500. The molecule has 3 heteroatoms. The van der Waals surface area contributed by atoms with Crippen LogP contribution in [0.1, 0.15) is 33.3 Å². The Morgan fingerprint density at radius 1 is 1.12 bits per heavy atom. The van der Waals surface area contributed by atoms with Crippen molar-refractivity contribution in [3.63, 3.8) is 0 Å². The van der Waals surface area contributed by atoms with Crippen LogP contribution in [0.25, 0.3) is 0 Å². The van der Waals surface area contributed by atoms with Crippen molar-refractivity contribution in [2.75, 3.05) is 4.90 Å². The minimum absolute atomic E-state index is 0.0869. The fourth-order valence-corrected chi connectivity index (χ4v) is 2.15. The summed E-state index contributed by atoms with van der Waals surface area (Å²) < 4.78 is 0. The highest BCUT2D eigenvalue weighted by Crippen LogP contribution is 2.20. The quantitative estimate of drug-likeness (QED) is 0.853. The Bertz CT molecular complexity index is 360. The van der Waals surface area contributed by atoms with E-state index in [1.54, 1.807) is 0 Å². The molecule has 0 heterocycles. The first-order chi connectivity index (χ1) is 7.91. The summed E-state index contributed by atoms with van der Waals surface area (Å²) in [6, 6.07) is 8.64. The summed E-state index contributed by atoms with van der Waals surface area (Å²) in [5.41, 5.74) is 1.98. The highest BCUT2D eigenvalue weighted by Gasteiger charge is 2.13. The van der Waals surface area contributed by atoms with Crippen molar-refractivity contribution in [2.45, 2.75) is 46.2 Å². The lowest BCUT2D eigenvalue weighted by molar-refractivity contribution is -0.136. The zero-order valence-corrected chi connectivity index (χ0v) is 11.0. The summed E-state index contributed by atoms with van der Waals surface area (Å²) in [5, 5.41) is 8.71. The van der Waals surface area contributed by atoms with Gasteiger partial charge in [-0.2, -0.15) is 0 Å². The van der Waals surface area contributed by atoms with Crippen LogP contribution in [0.4, 0.5) is 5.69 Å². The molecule has 0 fully saturated rings. The lowest BCUT2D eigenvalue weighted by atomic mass is 10.1. The third-order valence-corrected chi connectivity index (χ3v) is 2.70. The largest absolute Gasteiger partial charge is 0.481 e. The number of carboxylic acid groups (broad SMARTS) is 1. The molecule has 1 aromatic carbocycles. The van der Waals surface area contributed by atoms with Gasteiger partial charge in [0, 0.05) is 17.8 Å². The number of nitrogens with zero attached hydrogens (tertiary/aromatic N) is 1. The monoisotopic (exact) mass is 235 g/mol. The van der Waals surface area contributed by atoms with E-state index >= 15 is 0 Å². The number of rotatable bonds is 5. The molecular formula is C14H21NO2. The van der Waals surface area contributed by atoms with Crippen LogP contribution in [0.3, 0.4) is 0 Å². The van der Waals surface area contributed by atoms with Crippen LogP contribution in [-0.4, -0.2) is 23.2 Å². The summed E-state index contributed by atoms with van der Waals surface area (Å²) in [6.07, 6.45) is 0.0869. The molecule has 1 aromatic rings. The van der Waals surface area contributed by atoms with Gasteiger partial charge in [-0.05, 0) is 45.4 Å². The molecular weight excluding hydrogens is 214 g/mol. The van der Waals surface area contributed by atoms with E-state index in [1.807, 2.05) is 24.3 Å². The number of anilines is 1. The van der Waals surface area contributed by atoms with E-state index in [9.17, 15) is 4.79 Å². The van der Waals surface area contributed by atoms with Gasteiger partial charge < -0.3 is 10.0 Å². The van der Waals surface area contributed by atoms with Crippen LogP contribution in [0.5, 0.6) is 0 Å². The molecule has 1 rings (SSSR count). The molecule has 1 N–H and O–H groups in total. The van der Waals surface area contributed by atoms with Crippen LogP contribution < -0.4 is 4.90 Å². The lowest BCUT2D eigenvalue weighted by Crippen LogP contribution is -2.36. The van der Waals surface area contributed by atoms with Crippen molar-refractivity contribution < 1.29 is 9.90 Å². The molecule has 0 spiro atoms. The number of carbonyl (C=O) groups is 1. The van der Waals surface area contributed by atoms with Gasteiger partial charge in [-0.1, -0.05) is 12.1 Å². The second kappa shape index (κ2) is 5.71. The van der Waals surface area contributed by atoms with Gasteiger partial charge in [0.25, 0.3) is 0 Å². The molecule has 0 saturated heterocycles. The predicted octanol–water partition coefficient (Wildman–Crippen LogP) is 2.94. The minimum atomic E-state index is -0.790. The van der Waals surface area contributed by atoms with E-state index in [-0.39, 0.29) is 6.42 Å². The second-order valence-corrected chi connectivity index (χ2v) is 4.83. The number of hydrogen-bond donors (Lipinski definition) is 1. The van der Waals surface area contributed by atoms with E-state index < -0.39 is 5.97 Å². The number of aliphatic carboxylic acids is 1. The molecule has 17 heavy (non-hydrogen) atoms. The Balaban J connectivity index is 2.88. The molecule has 94 valence electrons. The molecule has 0 aliphatic heterocycles. The first kappa shape index (κ1) is 13.6. The molecule has 0 aromatic heterocycles. The maximum Gasteiger partial charge on any atom is 0.307 e. The molecule has 0 unspecified atom stereocenters. The van der Waals surface area contributed by atoms with Gasteiger partial charge in [0.2, 0.25) is 0 Å². The zero-order chi connectivity index (χ0) is 13.0. The first-order valence-electron chi connectivity index (χ1n) is 6.01. The van der Waals surface area contributed by atoms with Crippen LogP contribution >= 0.6 is 0 Å². The van der Waals surface area contributed by atoms with Gasteiger partial charge in [0.1, 0.15) is 0 Å². The van der Waals surface area contributed by atoms with Crippen molar-refractivity contribution in [2.24, 2.45) is 0 Å². The molecule has 0 amide bonds. The summed E-state index contributed by atoms with van der Waals surface area (Å²) in [4.78, 5) is 12.9. The number of carboxylic acids is 1. The van der Waals surface area contributed by atoms with Gasteiger partial charge in [0.05, 0.1) is 6.42 Å². The van der Waals surface area contributed by atoms with E-state index in [0.717, 1.165) is 11.3 Å². The van der Waals surface area contributed by atoms with Crippen molar-refractivity contribution in [1.29, 1.82) is 0 Å². The summed E-state index contributed by atoms with van der Waals surface area (Å²) in [7, 11) is 0. The second-order valence-electron chi connectivity index (χ2n) is 4.83. The average Bonchev–Trinajstić information content (AvgIpc) is 2.18. The Hall–Kier alpha value is -1.51. The van der Waals surface area contributed by atoms with E-state index in [2.05, 4.69) is 32.6 Å². The van der Waals surface area contributed by atoms with Gasteiger partial charge in [-0.3, -0.25) is 4.79 Å². The van der Waals surface area contributed by atoms with Crippen LogP contribution in [0.2, 0.25) is 0 Å². The zero-order valence-electron chi connectivity index (χ0n) is 11.0. The molecule has 0 aliphatic carbocycles. The van der Waals surface area contributed by atoms with Gasteiger partial charge >= 0.3 is 5.97 Å². The number of benzene rings is 1. The van der Waals surface area contributed by atoms with Crippen molar-refractivity contribution in [3.8, 4) is 0 Å². The molecule has 0 bridgehead atoms. The first-order valence-corrected chi connectivity index (χ1v) is 6.01. The predicted molar refractivity (Wildman–Crippen MR) is 70.5 cm³/mol. The average molecular weight is 235 g/mol. The minimum Gasteiger partial charge on any atom is -0.481 e. The van der Waals surface area contributed by atoms with Crippen molar-refractivity contribution in [1.82, 2.24) is 0 Å².